The number of anilines is 1. The van der Waals surface area contributed by atoms with Crippen LogP contribution in [0.15, 0.2) is 6.33 Å². The van der Waals surface area contributed by atoms with E-state index in [1.807, 2.05) is 0 Å². The van der Waals surface area contributed by atoms with Crippen molar-refractivity contribution in [2.24, 2.45) is 5.92 Å². The van der Waals surface area contributed by atoms with Gasteiger partial charge in [-0.15, -0.1) is 0 Å². The maximum absolute atomic E-state index is 12.5. The second kappa shape index (κ2) is 6.46. The van der Waals surface area contributed by atoms with Gasteiger partial charge in [-0.25, -0.2) is 9.97 Å². The Bertz CT molecular complexity index is 582. The minimum absolute atomic E-state index is 0.335. The number of amides is 1. The van der Waals surface area contributed by atoms with E-state index in [-0.39, 0.29) is 0 Å². The topological polar surface area (TPSA) is 58.1 Å². The smallest absolute Gasteiger partial charge is 0.222 e. The van der Waals surface area contributed by atoms with Crippen LogP contribution in [0, 0.1) is 5.92 Å². The molecule has 23 heavy (non-hydrogen) atoms. The van der Waals surface area contributed by atoms with Crippen molar-refractivity contribution in [2.75, 3.05) is 18.4 Å². The molecule has 0 radical (unpaired) electrons. The molecule has 1 N–H and O–H groups in total. The average molecular weight is 314 g/mol. The van der Waals surface area contributed by atoms with Crippen molar-refractivity contribution in [3.63, 3.8) is 0 Å². The minimum Gasteiger partial charge on any atom is -0.365 e. The lowest BCUT2D eigenvalue weighted by atomic mass is 10.0. The zero-order valence-electron chi connectivity index (χ0n) is 13.8. The Hall–Kier alpha value is -1.65. The molecule has 1 saturated carbocycles. The van der Waals surface area contributed by atoms with Crippen LogP contribution in [0.4, 0.5) is 5.82 Å². The molecular weight excluding hydrogens is 288 g/mol. The second-order valence-electron chi connectivity index (χ2n) is 7.33. The fourth-order valence-electron chi connectivity index (χ4n) is 4.37. The van der Waals surface area contributed by atoms with Gasteiger partial charge in [-0.05, 0) is 44.4 Å². The summed E-state index contributed by atoms with van der Waals surface area (Å²) >= 11 is 0. The Morgan fingerprint density at radius 2 is 2.04 bits per heavy atom. The molecule has 1 aromatic rings. The molecule has 2 aliphatic carbocycles. The first-order chi connectivity index (χ1) is 11.3. The SMILES string of the molecule is O=C(CC1CCCC1)N1CC[C@H](Nc2ncnc3c2CCC3)C1. The quantitative estimate of drug-likeness (QED) is 0.928. The summed E-state index contributed by atoms with van der Waals surface area (Å²) in [5.74, 6) is 2.00. The van der Waals surface area contributed by atoms with Crippen LogP contribution >= 0.6 is 0 Å². The zero-order valence-corrected chi connectivity index (χ0v) is 13.8. The summed E-state index contributed by atoms with van der Waals surface area (Å²) in [4.78, 5) is 23.3. The molecule has 1 atom stereocenters. The van der Waals surface area contributed by atoms with E-state index >= 15 is 0 Å². The molecule has 1 amide bonds. The Morgan fingerprint density at radius 3 is 2.91 bits per heavy atom. The zero-order chi connectivity index (χ0) is 15.6. The van der Waals surface area contributed by atoms with E-state index in [1.165, 1.54) is 43.4 Å². The van der Waals surface area contributed by atoms with Crippen LogP contribution in [0.3, 0.4) is 0 Å². The number of fused-ring (bicyclic) bond motifs is 1. The summed E-state index contributed by atoms with van der Waals surface area (Å²) in [6.45, 7) is 1.71. The van der Waals surface area contributed by atoms with E-state index in [4.69, 9.17) is 0 Å². The third-order valence-electron chi connectivity index (χ3n) is 5.69. The normalized spacial score (nSPS) is 24.2. The molecule has 5 nitrogen and oxygen atoms in total. The van der Waals surface area contributed by atoms with Crippen LogP contribution in [-0.2, 0) is 17.6 Å². The molecule has 4 rings (SSSR count). The first-order valence-corrected chi connectivity index (χ1v) is 9.16. The van der Waals surface area contributed by atoms with Crippen LogP contribution in [0.5, 0.6) is 0 Å². The fraction of sp³-hybridized carbons (Fsp3) is 0.722. The van der Waals surface area contributed by atoms with Crippen LogP contribution in [0.2, 0.25) is 0 Å². The van der Waals surface area contributed by atoms with Crippen LogP contribution in [0.25, 0.3) is 0 Å². The maximum Gasteiger partial charge on any atom is 0.222 e. The van der Waals surface area contributed by atoms with Gasteiger partial charge in [0.2, 0.25) is 5.91 Å². The molecule has 3 aliphatic rings. The highest BCUT2D eigenvalue weighted by atomic mass is 16.2. The predicted molar refractivity (Wildman–Crippen MR) is 89.2 cm³/mol. The van der Waals surface area contributed by atoms with Gasteiger partial charge in [-0.1, -0.05) is 12.8 Å². The van der Waals surface area contributed by atoms with E-state index in [1.54, 1.807) is 6.33 Å². The van der Waals surface area contributed by atoms with Crippen molar-refractivity contribution in [1.29, 1.82) is 0 Å². The van der Waals surface area contributed by atoms with Gasteiger partial charge in [-0.3, -0.25) is 4.79 Å². The minimum atomic E-state index is 0.335. The number of aryl methyl sites for hydroxylation is 1. The number of nitrogens with one attached hydrogen (secondary N) is 1. The highest BCUT2D eigenvalue weighted by Crippen LogP contribution is 2.29. The summed E-state index contributed by atoms with van der Waals surface area (Å²) in [5.41, 5.74) is 2.50. The van der Waals surface area contributed by atoms with E-state index in [9.17, 15) is 4.79 Å². The molecule has 124 valence electrons. The van der Waals surface area contributed by atoms with E-state index in [0.29, 0.717) is 17.9 Å². The Morgan fingerprint density at radius 1 is 1.17 bits per heavy atom. The number of carbonyl (C=O) groups excluding carboxylic acids is 1. The second-order valence-corrected chi connectivity index (χ2v) is 7.33. The molecule has 1 aliphatic heterocycles. The Labute approximate surface area is 137 Å². The third kappa shape index (κ3) is 3.19. The first kappa shape index (κ1) is 14.9. The Kier molecular flexibility index (Phi) is 4.19. The van der Waals surface area contributed by atoms with Gasteiger partial charge >= 0.3 is 0 Å². The molecule has 1 saturated heterocycles. The number of aromatic nitrogens is 2. The van der Waals surface area contributed by atoms with Crippen molar-refractivity contribution >= 4 is 11.7 Å². The number of carbonyl (C=O) groups is 1. The third-order valence-corrected chi connectivity index (χ3v) is 5.69. The number of hydrogen-bond donors (Lipinski definition) is 1. The summed E-state index contributed by atoms with van der Waals surface area (Å²) in [6, 6.07) is 0.335. The molecule has 2 fully saturated rings. The summed E-state index contributed by atoms with van der Waals surface area (Å²) < 4.78 is 0. The van der Waals surface area contributed by atoms with Crippen LogP contribution in [-0.4, -0.2) is 39.9 Å². The van der Waals surface area contributed by atoms with Crippen molar-refractivity contribution in [2.45, 2.75) is 63.8 Å². The number of likely N-dealkylation sites (tertiary alicyclic amines) is 1. The summed E-state index contributed by atoms with van der Waals surface area (Å²) in [5, 5.41) is 3.57. The van der Waals surface area contributed by atoms with Gasteiger partial charge in [0.1, 0.15) is 12.1 Å². The average Bonchev–Trinajstić information content (AvgIpc) is 3.28. The highest BCUT2D eigenvalue weighted by Gasteiger charge is 2.29. The first-order valence-electron chi connectivity index (χ1n) is 9.16. The largest absolute Gasteiger partial charge is 0.365 e. The fourth-order valence-corrected chi connectivity index (χ4v) is 4.37. The van der Waals surface area contributed by atoms with Crippen molar-refractivity contribution in [1.82, 2.24) is 14.9 Å². The summed E-state index contributed by atoms with van der Waals surface area (Å²) in [6.07, 6.45) is 11.9. The van der Waals surface area contributed by atoms with Gasteiger partial charge in [0.05, 0.1) is 0 Å². The molecule has 0 aromatic carbocycles. The van der Waals surface area contributed by atoms with Gasteiger partial charge in [0.25, 0.3) is 0 Å². The molecule has 0 bridgehead atoms. The molecule has 2 heterocycles. The van der Waals surface area contributed by atoms with E-state index in [0.717, 1.165) is 44.6 Å². The van der Waals surface area contributed by atoms with Crippen LogP contribution in [0.1, 0.15) is 56.2 Å². The lowest BCUT2D eigenvalue weighted by Crippen LogP contribution is -2.32. The van der Waals surface area contributed by atoms with Crippen molar-refractivity contribution in [3.8, 4) is 0 Å². The highest BCUT2D eigenvalue weighted by molar-refractivity contribution is 5.77. The standard InChI is InChI=1S/C18H26N4O/c23-17(10-13-4-1-2-5-13)22-9-8-14(11-22)21-18-15-6-3-7-16(15)19-12-20-18/h12-14H,1-11H2,(H,19,20,21)/t14-/m0/s1. The van der Waals surface area contributed by atoms with Gasteiger partial charge in [-0.2, -0.15) is 0 Å². The molecule has 0 unspecified atom stereocenters. The lowest BCUT2D eigenvalue weighted by Gasteiger charge is -2.20. The molecule has 5 heteroatoms. The van der Waals surface area contributed by atoms with E-state index in [2.05, 4.69) is 20.2 Å². The molecule has 0 spiro atoms. The van der Waals surface area contributed by atoms with Crippen molar-refractivity contribution in [3.05, 3.63) is 17.6 Å². The van der Waals surface area contributed by atoms with Gasteiger partial charge < -0.3 is 10.2 Å². The lowest BCUT2D eigenvalue weighted by molar-refractivity contribution is -0.131. The van der Waals surface area contributed by atoms with Crippen LogP contribution < -0.4 is 5.32 Å². The molecule has 1 aromatic heterocycles. The van der Waals surface area contributed by atoms with E-state index < -0.39 is 0 Å². The molecular formula is C18H26N4O. The maximum atomic E-state index is 12.5. The number of nitrogens with zero attached hydrogens (tertiary/aromatic N) is 3. The number of rotatable bonds is 4. The van der Waals surface area contributed by atoms with Gasteiger partial charge in [0.15, 0.2) is 0 Å². The summed E-state index contributed by atoms with van der Waals surface area (Å²) in [7, 11) is 0. The predicted octanol–water partition coefficient (Wildman–Crippen LogP) is 2.56. The monoisotopic (exact) mass is 314 g/mol. The number of hydrogen-bond acceptors (Lipinski definition) is 4. The van der Waals surface area contributed by atoms with Gasteiger partial charge in [0, 0.05) is 36.8 Å². The van der Waals surface area contributed by atoms with Crippen molar-refractivity contribution < 1.29 is 4.79 Å². The Balaban J connectivity index is 1.34.